The quantitative estimate of drug-likeness (QED) is 0.309. The monoisotopic (exact) mass is 488 g/mol. The SMILES string of the molecule is C=C(/C=C\C(O)=C/C)C1CCN([C@@H]2CCN(c3ccc(OC(F)F)c(Cl)c3)C2=O)CC1(F)F. The summed E-state index contributed by atoms with van der Waals surface area (Å²) in [5.41, 5.74) is 0.603. The second-order valence-corrected chi connectivity index (χ2v) is 8.39. The van der Waals surface area contributed by atoms with Gasteiger partial charge in [0, 0.05) is 18.2 Å². The molecule has 5 nitrogen and oxygen atoms in total. The molecule has 1 aromatic rings. The molecule has 2 atom stereocenters. The molecule has 3 rings (SSSR count). The third-order valence-corrected chi connectivity index (χ3v) is 6.20. The lowest BCUT2D eigenvalue weighted by Gasteiger charge is -2.40. The van der Waals surface area contributed by atoms with Gasteiger partial charge in [-0.2, -0.15) is 8.78 Å². The summed E-state index contributed by atoms with van der Waals surface area (Å²) >= 11 is 5.98. The number of carbonyl (C=O) groups is 1. The minimum absolute atomic E-state index is 0.0394. The molecule has 0 radical (unpaired) electrons. The van der Waals surface area contributed by atoms with Gasteiger partial charge in [-0.05, 0) is 62.2 Å². The topological polar surface area (TPSA) is 53.0 Å². The number of rotatable bonds is 7. The van der Waals surface area contributed by atoms with Crippen molar-refractivity contribution < 1.29 is 32.2 Å². The van der Waals surface area contributed by atoms with Crippen LogP contribution in [0.15, 0.2) is 54.3 Å². The third kappa shape index (κ3) is 5.70. The molecule has 1 unspecified atom stereocenters. The molecule has 180 valence electrons. The van der Waals surface area contributed by atoms with Gasteiger partial charge in [0.15, 0.2) is 0 Å². The van der Waals surface area contributed by atoms with E-state index in [-0.39, 0.29) is 41.0 Å². The molecule has 1 N–H and O–H groups in total. The Morgan fingerprint density at radius 2 is 2.03 bits per heavy atom. The van der Waals surface area contributed by atoms with Crippen LogP contribution in [0.5, 0.6) is 5.75 Å². The summed E-state index contributed by atoms with van der Waals surface area (Å²) in [5.74, 6) is -4.79. The maximum Gasteiger partial charge on any atom is 0.387 e. The van der Waals surface area contributed by atoms with Gasteiger partial charge in [0.25, 0.3) is 5.92 Å². The van der Waals surface area contributed by atoms with Gasteiger partial charge >= 0.3 is 6.61 Å². The van der Waals surface area contributed by atoms with E-state index in [1.165, 1.54) is 46.2 Å². The molecule has 0 aromatic heterocycles. The number of carbonyl (C=O) groups excluding carboxylic acids is 1. The first-order valence-electron chi connectivity index (χ1n) is 10.4. The lowest BCUT2D eigenvalue weighted by molar-refractivity contribution is -0.131. The van der Waals surface area contributed by atoms with Gasteiger partial charge < -0.3 is 14.7 Å². The lowest BCUT2D eigenvalue weighted by Crippen LogP contribution is -2.54. The van der Waals surface area contributed by atoms with Gasteiger partial charge in [-0.1, -0.05) is 24.3 Å². The molecule has 0 saturated carbocycles. The maximum atomic E-state index is 14.9. The summed E-state index contributed by atoms with van der Waals surface area (Å²) < 4.78 is 59.0. The Kier molecular flexibility index (Phi) is 7.74. The van der Waals surface area contributed by atoms with Crippen LogP contribution in [0.3, 0.4) is 0 Å². The van der Waals surface area contributed by atoms with Crippen molar-refractivity contribution in [3.05, 3.63) is 59.4 Å². The number of aliphatic hydroxyl groups excluding tert-OH is 1. The van der Waals surface area contributed by atoms with Gasteiger partial charge in [0.05, 0.1) is 17.6 Å². The Labute approximate surface area is 194 Å². The highest BCUT2D eigenvalue weighted by atomic mass is 35.5. The Hall–Kier alpha value is -2.52. The number of alkyl halides is 4. The molecule has 2 aliphatic heterocycles. The van der Waals surface area contributed by atoms with E-state index in [0.717, 1.165) is 0 Å². The molecule has 33 heavy (non-hydrogen) atoms. The van der Waals surface area contributed by atoms with E-state index in [4.69, 9.17) is 11.6 Å². The number of allylic oxidation sites excluding steroid dienone is 4. The highest BCUT2D eigenvalue weighted by molar-refractivity contribution is 6.32. The predicted molar refractivity (Wildman–Crippen MR) is 118 cm³/mol. The minimum atomic E-state index is -3.10. The van der Waals surface area contributed by atoms with Gasteiger partial charge in [0.2, 0.25) is 5.91 Å². The predicted octanol–water partition coefficient (Wildman–Crippen LogP) is 5.58. The van der Waals surface area contributed by atoms with E-state index in [9.17, 15) is 27.5 Å². The van der Waals surface area contributed by atoms with E-state index in [0.29, 0.717) is 18.7 Å². The van der Waals surface area contributed by atoms with Gasteiger partial charge in [-0.3, -0.25) is 9.69 Å². The van der Waals surface area contributed by atoms with Crippen molar-refractivity contribution in [2.24, 2.45) is 5.92 Å². The molecular weight excluding hydrogens is 464 g/mol. The fourth-order valence-electron chi connectivity index (χ4n) is 4.20. The average molecular weight is 489 g/mol. The van der Waals surface area contributed by atoms with E-state index in [2.05, 4.69) is 11.3 Å². The van der Waals surface area contributed by atoms with Crippen LogP contribution in [0.25, 0.3) is 0 Å². The first kappa shape index (κ1) is 25.1. The van der Waals surface area contributed by atoms with Crippen molar-refractivity contribution in [1.29, 1.82) is 0 Å². The molecule has 10 heteroatoms. The molecule has 2 fully saturated rings. The fraction of sp³-hybridized carbons (Fsp3) is 0.435. The van der Waals surface area contributed by atoms with E-state index >= 15 is 0 Å². The Bertz CT molecular complexity index is 967. The number of piperidine rings is 1. The van der Waals surface area contributed by atoms with Gasteiger partial charge in [-0.25, -0.2) is 8.78 Å². The number of amides is 1. The molecule has 2 saturated heterocycles. The second-order valence-electron chi connectivity index (χ2n) is 7.98. The number of hydrogen-bond acceptors (Lipinski definition) is 4. The summed E-state index contributed by atoms with van der Waals surface area (Å²) in [5, 5.41) is 9.41. The number of aliphatic hydroxyl groups is 1. The van der Waals surface area contributed by atoms with E-state index in [1.807, 2.05) is 0 Å². The molecule has 2 heterocycles. The zero-order chi connectivity index (χ0) is 24.3. The standard InChI is InChI=1S/C23H25ClF4N2O3/c1-3-16(31)6-4-14(2)17-8-10-29(13-23(17,27)28)19-9-11-30(21(19)32)15-5-7-20(18(24)12-15)33-22(25)26/h3-7,12,17,19,22,31H,2,8-11,13H2,1H3/b6-4-,16-3+/t17?,19-/m1/s1. The lowest BCUT2D eigenvalue weighted by atomic mass is 9.85. The number of benzene rings is 1. The zero-order valence-electron chi connectivity index (χ0n) is 18.0. The van der Waals surface area contributed by atoms with E-state index < -0.39 is 31.0 Å². The normalized spacial score (nSPS) is 24.2. The number of likely N-dealkylation sites (tertiary alicyclic amines) is 1. The highest BCUT2D eigenvalue weighted by Crippen LogP contribution is 2.40. The van der Waals surface area contributed by atoms with Crippen LogP contribution < -0.4 is 9.64 Å². The van der Waals surface area contributed by atoms with Crippen molar-refractivity contribution >= 4 is 23.2 Å². The largest absolute Gasteiger partial charge is 0.508 e. The Balaban J connectivity index is 1.67. The maximum absolute atomic E-state index is 14.9. The average Bonchev–Trinajstić information content (AvgIpc) is 3.13. The fourth-order valence-corrected chi connectivity index (χ4v) is 4.42. The van der Waals surface area contributed by atoms with Crippen molar-refractivity contribution in [2.45, 2.75) is 38.3 Å². The van der Waals surface area contributed by atoms with Crippen molar-refractivity contribution in [3.8, 4) is 5.75 Å². The van der Waals surface area contributed by atoms with Crippen LogP contribution in [0.4, 0.5) is 23.2 Å². The van der Waals surface area contributed by atoms with Crippen LogP contribution >= 0.6 is 11.6 Å². The van der Waals surface area contributed by atoms with Crippen LogP contribution in [-0.4, -0.2) is 54.1 Å². The molecular formula is C23H25ClF4N2O3. The molecule has 2 aliphatic rings. The first-order valence-corrected chi connectivity index (χ1v) is 10.8. The van der Waals surface area contributed by atoms with Crippen molar-refractivity contribution in [1.82, 2.24) is 4.90 Å². The van der Waals surface area contributed by atoms with Crippen molar-refractivity contribution in [2.75, 3.05) is 24.5 Å². The number of nitrogens with zero attached hydrogens (tertiary/aromatic N) is 2. The third-order valence-electron chi connectivity index (χ3n) is 5.90. The van der Waals surface area contributed by atoms with E-state index in [1.54, 1.807) is 6.92 Å². The van der Waals surface area contributed by atoms with Gasteiger partial charge in [0.1, 0.15) is 11.5 Å². The molecule has 1 amide bonds. The zero-order valence-corrected chi connectivity index (χ0v) is 18.7. The summed E-state index contributed by atoms with van der Waals surface area (Å²) in [4.78, 5) is 15.9. The summed E-state index contributed by atoms with van der Waals surface area (Å²) in [6.45, 7) is 2.31. The summed E-state index contributed by atoms with van der Waals surface area (Å²) in [6, 6.07) is 3.30. The highest BCUT2D eigenvalue weighted by Gasteiger charge is 2.49. The second kappa shape index (κ2) is 10.2. The Morgan fingerprint density at radius 3 is 2.64 bits per heavy atom. The van der Waals surface area contributed by atoms with Crippen molar-refractivity contribution in [3.63, 3.8) is 0 Å². The summed E-state index contributed by atoms with van der Waals surface area (Å²) in [6.07, 6.45) is 4.61. The number of hydrogen-bond donors (Lipinski definition) is 1. The molecule has 0 spiro atoms. The van der Waals surface area contributed by atoms with Crippen LogP contribution in [-0.2, 0) is 4.79 Å². The number of ether oxygens (including phenoxy) is 1. The van der Waals surface area contributed by atoms with Gasteiger partial charge in [-0.15, -0.1) is 0 Å². The molecule has 0 bridgehead atoms. The molecule has 1 aromatic carbocycles. The first-order chi connectivity index (χ1) is 15.5. The summed E-state index contributed by atoms with van der Waals surface area (Å²) in [7, 11) is 0. The van der Waals surface area contributed by atoms with Crippen LogP contribution in [0, 0.1) is 5.92 Å². The number of anilines is 1. The van der Waals surface area contributed by atoms with Crippen LogP contribution in [0.2, 0.25) is 5.02 Å². The molecule has 0 aliphatic carbocycles. The smallest absolute Gasteiger partial charge is 0.387 e. The van der Waals surface area contributed by atoms with Crippen LogP contribution in [0.1, 0.15) is 19.8 Å². The number of halogens is 5. The Morgan fingerprint density at radius 1 is 1.30 bits per heavy atom. The minimum Gasteiger partial charge on any atom is -0.508 e.